The van der Waals surface area contributed by atoms with E-state index in [0.717, 1.165) is 0 Å². The smallest absolute Gasteiger partial charge is 0.168 e. The van der Waals surface area contributed by atoms with Crippen molar-refractivity contribution in [2.45, 2.75) is 30.5 Å². The summed E-state index contributed by atoms with van der Waals surface area (Å²) in [5, 5.41) is 31.2. The summed E-state index contributed by atoms with van der Waals surface area (Å²) in [5.41, 5.74) is -1.31. The van der Waals surface area contributed by atoms with Crippen molar-refractivity contribution in [3.05, 3.63) is 23.7 Å². The number of halogens is 1. The molecule has 0 radical (unpaired) electrons. The minimum Gasteiger partial charge on any atom is -0.394 e. The van der Waals surface area contributed by atoms with Crippen LogP contribution in [0, 0.1) is 12.3 Å². The fourth-order valence-electron chi connectivity index (χ4n) is 2.76. The molecule has 3 rings (SSSR count). The van der Waals surface area contributed by atoms with Gasteiger partial charge in [-0.1, -0.05) is 11.6 Å². The van der Waals surface area contributed by atoms with Crippen LogP contribution in [0.2, 0.25) is 5.15 Å². The quantitative estimate of drug-likeness (QED) is 0.547. The van der Waals surface area contributed by atoms with Crippen molar-refractivity contribution < 1.29 is 20.1 Å². The van der Waals surface area contributed by atoms with Gasteiger partial charge >= 0.3 is 0 Å². The molecule has 7 nitrogen and oxygen atoms in total. The molecule has 0 saturated carbocycles. The van der Waals surface area contributed by atoms with E-state index in [1.54, 1.807) is 12.3 Å². The van der Waals surface area contributed by atoms with Gasteiger partial charge in [-0.2, -0.15) is 0 Å². The van der Waals surface area contributed by atoms with Gasteiger partial charge in [-0.05, 0) is 6.07 Å². The van der Waals surface area contributed by atoms with Crippen molar-refractivity contribution in [2.24, 2.45) is 0 Å². The molecule has 0 aromatic carbocycles. The third kappa shape index (κ3) is 2.08. The lowest BCUT2D eigenvalue weighted by Gasteiger charge is -2.30. The topological polar surface area (TPSA) is 101 Å². The molecule has 3 N–H and O–H groups in total. The summed E-state index contributed by atoms with van der Waals surface area (Å²) in [6.07, 6.45) is 4.79. The monoisotopic (exact) mass is 323 g/mol. The predicted molar refractivity (Wildman–Crippen MR) is 77.9 cm³/mol. The van der Waals surface area contributed by atoms with Crippen LogP contribution in [0.25, 0.3) is 11.0 Å². The van der Waals surface area contributed by atoms with Gasteiger partial charge in [0.05, 0.1) is 12.0 Å². The van der Waals surface area contributed by atoms with E-state index in [2.05, 4.69) is 15.9 Å². The zero-order valence-corrected chi connectivity index (χ0v) is 12.2. The first-order chi connectivity index (χ1) is 10.5. The van der Waals surface area contributed by atoms with Crippen molar-refractivity contribution in [1.82, 2.24) is 14.5 Å². The first-order valence-corrected chi connectivity index (χ1v) is 6.98. The third-order valence-electron chi connectivity index (χ3n) is 3.87. The molecular weight excluding hydrogens is 310 g/mol. The molecule has 116 valence electrons. The summed E-state index contributed by atoms with van der Waals surface area (Å²) in [6, 6.07) is 1.68. The number of rotatable bonds is 3. The maximum atomic E-state index is 10.8. The summed E-state index contributed by atoms with van der Waals surface area (Å²) < 4.78 is 7.12. The Kier molecular flexibility index (Phi) is 3.80. The number of nitrogens with zero attached hydrogens (tertiary/aromatic N) is 3. The Morgan fingerprint density at radius 1 is 1.50 bits per heavy atom. The second-order valence-electron chi connectivity index (χ2n) is 5.15. The molecule has 1 saturated heterocycles. The number of aliphatic hydroxyl groups is 3. The standard InChI is InChI=1S/C14H14ClN3O4/c1-2-4-14(21)10(20)9(6-19)22-13(14)18-5-3-8-11(15)16-7-17-12(8)18/h1,3,5,7,9-10,13,19-21H,4,6H2. The Hall–Kier alpha value is -1.69. The molecule has 0 bridgehead atoms. The lowest BCUT2D eigenvalue weighted by atomic mass is 9.91. The number of hydrogen-bond acceptors (Lipinski definition) is 6. The number of ether oxygens (including phenoxy) is 1. The van der Waals surface area contributed by atoms with Gasteiger partial charge in [0, 0.05) is 12.6 Å². The number of terminal acetylenes is 1. The van der Waals surface area contributed by atoms with E-state index >= 15 is 0 Å². The molecular formula is C14H14ClN3O4. The van der Waals surface area contributed by atoms with Gasteiger partial charge in [-0.25, -0.2) is 9.97 Å². The summed E-state index contributed by atoms with van der Waals surface area (Å²) in [5.74, 6) is 2.33. The van der Waals surface area contributed by atoms with E-state index in [4.69, 9.17) is 22.8 Å². The zero-order chi connectivity index (χ0) is 15.9. The van der Waals surface area contributed by atoms with Crippen LogP contribution in [-0.2, 0) is 4.74 Å². The number of aliphatic hydroxyl groups excluding tert-OH is 2. The average Bonchev–Trinajstić information content (AvgIpc) is 3.02. The number of fused-ring (bicyclic) bond motifs is 1. The number of hydrogen-bond donors (Lipinski definition) is 3. The van der Waals surface area contributed by atoms with Gasteiger partial charge in [0.1, 0.15) is 34.9 Å². The molecule has 3 heterocycles. The van der Waals surface area contributed by atoms with E-state index in [0.29, 0.717) is 11.0 Å². The molecule has 1 aliphatic rings. The second-order valence-corrected chi connectivity index (χ2v) is 5.51. The molecule has 2 aromatic rings. The lowest BCUT2D eigenvalue weighted by molar-refractivity contribution is -0.104. The molecule has 2 aromatic heterocycles. The van der Waals surface area contributed by atoms with Crippen molar-refractivity contribution in [2.75, 3.05) is 6.61 Å². The van der Waals surface area contributed by atoms with E-state index in [-0.39, 0.29) is 11.6 Å². The van der Waals surface area contributed by atoms with E-state index in [1.165, 1.54) is 10.9 Å². The van der Waals surface area contributed by atoms with Crippen LogP contribution in [0.3, 0.4) is 0 Å². The Morgan fingerprint density at radius 3 is 2.95 bits per heavy atom. The molecule has 4 atom stereocenters. The minimum atomic E-state index is -1.74. The molecule has 0 spiro atoms. The van der Waals surface area contributed by atoms with Crippen LogP contribution in [0.1, 0.15) is 12.6 Å². The van der Waals surface area contributed by atoms with Crippen LogP contribution in [0.5, 0.6) is 0 Å². The molecule has 1 aliphatic heterocycles. The van der Waals surface area contributed by atoms with Crippen molar-refractivity contribution in [1.29, 1.82) is 0 Å². The van der Waals surface area contributed by atoms with Gasteiger partial charge in [-0.15, -0.1) is 12.3 Å². The normalized spacial score (nSPS) is 31.5. The largest absolute Gasteiger partial charge is 0.394 e. The van der Waals surface area contributed by atoms with Gasteiger partial charge < -0.3 is 24.6 Å². The Labute approximate surface area is 131 Å². The average molecular weight is 324 g/mol. The van der Waals surface area contributed by atoms with Crippen LogP contribution in [0.4, 0.5) is 0 Å². The fraction of sp³-hybridized carbons (Fsp3) is 0.429. The van der Waals surface area contributed by atoms with Crippen molar-refractivity contribution >= 4 is 22.6 Å². The molecule has 22 heavy (non-hydrogen) atoms. The highest BCUT2D eigenvalue weighted by Gasteiger charge is 2.55. The molecule has 8 heteroatoms. The molecule has 1 fully saturated rings. The SMILES string of the molecule is C#CCC1(O)C(O)C(CO)OC1n1ccc2c(Cl)ncnc21. The zero-order valence-electron chi connectivity index (χ0n) is 11.4. The summed E-state index contributed by atoms with van der Waals surface area (Å²) in [7, 11) is 0. The van der Waals surface area contributed by atoms with E-state index < -0.39 is 30.6 Å². The summed E-state index contributed by atoms with van der Waals surface area (Å²) in [6.45, 7) is -0.445. The van der Waals surface area contributed by atoms with Gasteiger partial charge in [0.2, 0.25) is 0 Å². The highest BCUT2D eigenvalue weighted by Crippen LogP contribution is 2.42. The van der Waals surface area contributed by atoms with Crippen LogP contribution in [-0.4, -0.2) is 54.3 Å². The van der Waals surface area contributed by atoms with Gasteiger partial charge in [0.25, 0.3) is 0 Å². The highest BCUT2D eigenvalue weighted by atomic mass is 35.5. The van der Waals surface area contributed by atoms with Crippen LogP contribution in [0.15, 0.2) is 18.6 Å². The van der Waals surface area contributed by atoms with E-state index in [9.17, 15) is 15.3 Å². The molecule has 0 aliphatic carbocycles. The van der Waals surface area contributed by atoms with Crippen LogP contribution >= 0.6 is 11.6 Å². The van der Waals surface area contributed by atoms with E-state index in [1.807, 2.05) is 0 Å². The maximum Gasteiger partial charge on any atom is 0.168 e. The maximum absolute atomic E-state index is 10.8. The van der Waals surface area contributed by atoms with Gasteiger partial charge in [-0.3, -0.25) is 0 Å². The Bertz CT molecular complexity index is 743. The van der Waals surface area contributed by atoms with Crippen LogP contribution < -0.4 is 0 Å². The van der Waals surface area contributed by atoms with Gasteiger partial charge in [0.15, 0.2) is 6.23 Å². The first-order valence-electron chi connectivity index (χ1n) is 6.60. The Morgan fingerprint density at radius 2 is 2.27 bits per heavy atom. The number of aromatic nitrogens is 3. The van der Waals surface area contributed by atoms with Crippen molar-refractivity contribution in [3.8, 4) is 12.3 Å². The molecule has 0 amide bonds. The summed E-state index contributed by atoms with van der Waals surface area (Å²) >= 11 is 6.00. The third-order valence-corrected chi connectivity index (χ3v) is 4.18. The van der Waals surface area contributed by atoms with Crippen molar-refractivity contribution in [3.63, 3.8) is 0 Å². The fourth-order valence-corrected chi connectivity index (χ4v) is 2.95. The lowest BCUT2D eigenvalue weighted by Crippen LogP contribution is -2.46. The Balaban J connectivity index is 2.12. The predicted octanol–water partition coefficient (Wildman–Crippen LogP) is 0.0897. The minimum absolute atomic E-state index is 0.145. The highest BCUT2D eigenvalue weighted by molar-refractivity contribution is 6.33. The second kappa shape index (κ2) is 5.50. The summed E-state index contributed by atoms with van der Waals surface area (Å²) in [4.78, 5) is 8.01. The first kappa shape index (κ1) is 15.2. The molecule has 4 unspecified atom stereocenters.